The summed E-state index contributed by atoms with van der Waals surface area (Å²) in [4.78, 5) is 29.9. The maximum Gasteiger partial charge on any atom is 0.251 e. The van der Waals surface area contributed by atoms with Crippen molar-refractivity contribution < 1.29 is 4.79 Å². The monoisotopic (exact) mass is 323 g/mol. The van der Waals surface area contributed by atoms with E-state index in [0.29, 0.717) is 15.9 Å². The van der Waals surface area contributed by atoms with Crippen molar-refractivity contribution in [3.63, 3.8) is 0 Å². The van der Waals surface area contributed by atoms with Crippen LogP contribution in [0.4, 0.5) is 5.69 Å². The molecule has 21 heavy (non-hydrogen) atoms. The highest BCUT2D eigenvalue weighted by Gasteiger charge is 2.07. The van der Waals surface area contributed by atoms with Crippen LogP contribution in [0.2, 0.25) is 5.02 Å². The molecule has 0 fully saturated rings. The Hall–Kier alpha value is -1.79. The lowest BCUT2D eigenvalue weighted by Gasteiger charge is -2.08. The standard InChI is InChI=1S/C14H14ClN3O2S/c1-8-5-10(15)3-4-11(8)17-13(20)7-21-14-16-9(2)6-12(19)18-14/h3-6H,7H2,1-2H3,(H,17,20)(H,16,18,19). The van der Waals surface area contributed by atoms with E-state index in [0.717, 1.165) is 11.3 Å². The highest BCUT2D eigenvalue weighted by molar-refractivity contribution is 7.99. The molecular formula is C14H14ClN3O2S. The predicted molar refractivity (Wildman–Crippen MR) is 85.1 cm³/mol. The molecule has 0 saturated carbocycles. The van der Waals surface area contributed by atoms with Crippen molar-refractivity contribution in [3.05, 3.63) is 50.9 Å². The third-order valence-electron chi connectivity index (χ3n) is 2.65. The Balaban J connectivity index is 1.97. The van der Waals surface area contributed by atoms with Crippen LogP contribution in [-0.4, -0.2) is 21.6 Å². The van der Waals surface area contributed by atoms with Crippen molar-refractivity contribution >= 4 is 35.0 Å². The first kappa shape index (κ1) is 15.6. The molecule has 0 aliphatic rings. The van der Waals surface area contributed by atoms with E-state index in [4.69, 9.17) is 11.6 Å². The first-order valence-corrected chi connectivity index (χ1v) is 7.57. The molecule has 7 heteroatoms. The van der Waals surface area contributed by atoms with Gasteiger partial charge in [-0.2, -0.15) is 0 Å². The molecule has 0 aliphatic heterocycles. The Bertz CT molecular complexity index is 730. The van der Waals surface area contributed by atoms with Crippen LogP contribution in [0.25, 0.3) is 0 Å². The van der Waals surface area contributed by atoms with Gasteiger partial charge < -0.3 is 10.3 Å². The average molecular weight is 324 g/mol. The molecule has 2 N–H and O–H groups in total. The first-order valence-electron chi connectivity index (χ1n) is 6.21. The minimum absolute atomic E-state index is 0.161. The van der Waals surface area contributed by atoms with Gasteiger partial charge in [0.05, 0.1) is 5.75 Å². The van der Waals surface area contributed by atoms with Crippen molar-refractivity contribution in [3.8, 4) is 0 Å². The van der Waals surface area contributed by atoms with Crippen LogP contribution < -0.4 is 10.9 Å². The lowest BCUT2D eigenvalue weighted by atomic mass is 10.2. The van der Waals surface area contributed by atoms with Gasteiger partial charge in [0.1, 0.15) is 0 Å². The molecular weight excluding hydrogens is 310 g/mol. The number of aryl methyl sites for hydroxylation is 2. The number of rotatable bonds is 4. The third-order valence-corrected chi connectivity index (χ3v) is 3.76. The number of anilines is 1. The van der Waals surface area contributed by atoms with Crippen LogP contribution in [0.15, 0.2) is 34.2 Å². The molecule has 110 valence electrons. The van der Waals surface area contributed by atoms with Gasteiger partial charge in [0.25, 0.3) is 5.56 Å². The summed E-state index contributed by atoms with van der Waals surface area (Å²) in [7, 11) is 0. The molecule has 1 amide bonds. The molecule has 5 nitrogen and oxygen atoms in total. The van der Waals surface area contributed by atoms with Crippen LogP contribution in [0.1, 0.15) is 11.3 Å². The number of nitrogens with zero attached hydrogens (tertiary/aromatic N) is 1. The highest BCUT2D eigenvalue weighted by Crippen LogP contribution is 2.20. The van der Waals surface area contributed by atoms with Gasteiger partial charge in [-0.1, -0.05) is 23.4 Å². The molecule has 0 radical (unpaired) electrons. The number of halogens is 1. The van der Waals surface area contributed by atoms with Gasteiger partial charge in [-0.3, -0.25) is 9.59 Å². The normalized spacial score (nSPS) is 10.4. The maximum absolute atomic E-state index is 11.9. The average Bonchev–Trinajstić information content (AvgIpc) is 2.39. The molecule has 0 bridgehead atoms. The van der Waals surface area contributed by atoms with E-state index < -0.39 is 0 Å². The number of thioether (sulfide) groups is 1. The van der Waals surface area contributed by atoms with Crippen LogP contribution in [0.3, 0.4) is 0 Å². The second-order valence-corrected chi connectivity index (χ2v) is 5.89. The fourth-order valence-electron chi connectivity index (χ4n) is 1.71. The van der Waals surface area contributed by atoms with Gasteiger partial charge in [-0.15, -0.1) is 0 Å². The molecule has 2 aromatic rings. The number of carbonyl (C=O) groups is 1. The lowest BCUT2D eigenvalue weighted by Crippen LogP contribution is -2.16. The number of hydrogen-bond acceptors (Lipinski definition) is 4. The van der Waals surface area contributed by atoms with Crippen molar-refractivity contribution in [1.82, 2.24) is 9.97 Å². The number of benzene rings is 1. The van der Waals surface area contributed by atoms with E-state index in [9.17, 15) is 9.59 Å². The fourth-order valence-corrected chi connectivity index (χ4v) is 2.66. The van der Waals surface area contributed by atoms with Crippen molar-refractivity contribution in [2.75, 3.05) is 11.1 Å². The van der Waals surface area contributed by atoms with E-state index in [1.807, 2.05) is 6.92 Å². The molecule has 2 rings (SSSR count). The number of amides is 1. The summed E-state index contributed by atoms with van der Waals surface area (Å²) in [6, 6.07) is 6.66. The molecule has 1 heterocycles. The second kappa shape index (κ2) is 6.78. The fraction of sp³-hybridized carbons (Fsp3) is 0.214. The van der Waals surface area contributed by atoms with Gasteiger partial charge in [0.2, 0.25) is 5.91 Å². The van der Waals surface area contributed by atoms with E-state index in [2.05, 4.69) is 15.3 Å². The number of carbonyl (C=O) groups excluding carboxylic acids is 1. The Morgan fingerprint density at radius 2 is 2.14 bits per heavy atom. The Morgan fingerprint density at radius 3 is 2.81 bits per heavy atom. The largest absolute Gasteiger partial charge is 0.325 e. The van der Waals surface area contributed by atoms with Crippen LogP contribution >= 0.6 is 23.4 Å². The number of aromatic nitrogens is 2. The summed E-state index contributed by atoms with van der Waals surface area (Å²) in [6.45, 7) is 3.60. The molecule has 1 aromatic carbocycles. The lowest BCUT2D eigenvalue weighted by molar-refractivity contribution is -0.113. The van der Waals surface area contributed by atoms with Gasteiger partial charge >= 0.3 is 0 Å². The number of H-pyrrole nitrogens is 1. The SMILES string of the molecule is Cc1cc(=O)[nH]c(SCC(=O)Nc2ccc(Cl)cc2C)n1. The van der Waals surface area contributed by atoms with Gasteiger partial charge in [-0.05, 0) is 37.6 Å². The van der Waals surface area contributed by atoms with Gasteiger partial charge in [0.15, 0.2) is 5.16 Å². The predicted octanol–water partition coefficient (Wildman–Crippen LogP) is 2.77. The number of nitrogens with one attached hydrogen (secondary N) is 2. The molecule has 0 spiro atoms. The zero-order valence-corrected chi connectivity index (χ0v) is 13.1. The summed E-state index contributed by atoms with van der Waals surface area (Å²) in [5.41, 5.74) is 2.01. The Labute approximate surface area is 131 Å². The van der Waals surface area contributed by atoms with Crippen LogP contribution in [-0.2, 0) is 4.79 Å². The smallest absolute Gasteiger partial charge is 0.251 e. The minimum atomic E-state index is -0.223. The summed E-state index contributed by atoms with van der Waals surface area (Å²) in [6.07, 6.45) is 0. The topological polar surface area (TPSA) is 74.8 Å². The van der Waals surface area contributed by atoms with Crippen LogP contribution in [0, 0.1) is 13.8 Å². The molecule has 0 saturated heterocycles. The maximum atomic E-state index is 11.9. The Morgan fingerprint density at radius 1 is 1.38 bits per heavy atom. The third kappa shape index (κ3) is 4.61. The second-order valence-electron chi connectivity index (χ2n) is 4.49. The highest BCUT2D eigenvalue weighted by atomic mass is 35.5. The van der Waals surface area contributed by atoms with Crippen molar-refractivity contribution in [2.45, 2.75) is 19.0 Å². The summed E-state index contributed by atoms with van der Waals surface area (Å²) in [5.74, 6) is -0.0105. The van der Waals surface area contributed by atoms with Crippen LogP contribution in [0.5, 0.6) is 0 Å². The van der Waals surface area contributed by atoms with E-state index in [1.54, 1.807) is 25.1 Å². The van der Waals surface area contributed by atoms with E-state index >= 15 is 0 Å². The summed E-state index contributed by atoms with van der Waals surface area (Å²) in [5, 5.41) is 3.86. The number of aromatic amines is 1. The quantitative estimate of drug-likeness (QED) is 0.670. The van der Waals surface area contributed by atoms with Crippen molar-refractivity contribution in [1.29, 1.82) is 0 Å². The number of hydrogen-bond donors (Lipinski definition) is 2. The van der Waals surface area contributed by atoms with E-state index in [1.165, 1.54) is 17.8 Å². The summed E-state index contributed by atoms with van der Waals surface area (Å²) >= 11 is 7.05. The zero-order valence-electron chi connectivity index (χ0n) is 11.6. The molecule has 1 aromatic heterocycles. The van der Waals surface area contributed by atoms with Gasteiger partial charge in [0, 0.05) is 22.5 Å². The van der Waals surface area contributed by atoms with Gasteiger partial charge in [-0.25, -0.2) is 4.98 Å². The molecule has 0 unspecified atom stereocenters. The minimum Gasteiger partial charge on any atom is -0.325 e. The Kier molecular flexibility index (Phi) is 5.03. The van der Waals surface area contributed by atoms with Crippen molar-refractivity contribution in [2.24, 2.45) is 0 Å². The molecule has 0 aliphatic carbocycles. The first-order chi connectivity index (χ1) is 9.94. The summed E-state index contributed by atoms with van der Waals surface area (Å²) < 4.78 is 0. The molecule has 0 atom stereocenters. The zero-order chi connectivity index (χ0) is 15.4. The van der Waals surface area contributed by atoms with E-state index in [-0.39, 0.29) is 17.2 Å².